The van der Waals surface area contributed by atoms with Crippen LogP contribution in [0.1, 0.15) is 23.1 Å². The molecular weight excluding hydrogens is 262 g/mol. The summed E-state index contributed by atoms with van der Waals surface area (Å²) in [5, 5.41) is -0.191. The summed E-state index contributed by atoms with van der Waals surface area (Å²) in [5.41, 5.74) is 0.205. The second-order valence-corrected chi connectivity index (χ2v) is 4.20. The molecule has 0 saturated heterocycles. The summed E-state index contributed by atoms with van der Waals surface area (Å²) < 4.78 is 28.7. The number of carbonyl (C=O) groups excluding carboxylic acids is 1. The molecule has 2 aromatic rings. The Morgan fingerprint density at radius 1 is 1.39 bits per heavy atom. The lowest BCUT2D eigenvalue weighted by Crippen LogP contribution is -2.04. The van der Waals surface area contributed by atoms with Crippen molar-refractivity contribution in [1.29, 1.82) is 0 Å². The van der Waals surface area contributed by atoms with E-state index in [0.717, 1.165) is 12.1 Å². The fourth-order valence-electron chi connectivity index (χ4n) is 1.72. The summed E-state index contributed by atoms with van der Waals surface area (Å²) >= 11 is 5.62. The van der Waals surface area contributed by atoms with Gasteiger partial charge in [0.2, 0.25) is 0 Å². The van der Waals surface area contributed by atoms with E-state index >= 15 is 0 Å². The number of carbonyl (C=O) groups is 1. The number of benzene rings is 1. The van der Waals surface area contributed by atoms with Crippen molar-refractivity contribution >= 4 is 17.4 Å². The third-order valence-electron chi connectivity index (χ3n) is 2.60. The molecule has 0 aliphatic rings. The average Bonchev–Trinajstić information content (AvgIpc) is 2.67. The van der Waals surface area contributed by atoms with Crippen molar-refractivity contribution in [3.05, 3.63) is 46.5 Å². The molecule has 0 amide bonds. The molecule has 0 fully saturated rings. The second kappa shape index (κ2) is 4.49. The first-order valence-corrected chi connectivity index (χ1v) is 5.50. The lowest BCUT2D eigenvalue weighted by atomic mass is 10.2. The van der Waals surface area contributed by atoms with Gasteiger partial charge in [-0.1, -0.05) is 11.6 Å². The van der Waals surface area contributed by atoms with Crippen molar-refractivity contribution in [2.75, 3.05) is 0 Å². The number of hydrogen-bond donors (Lipinski definition) is 0. The topological polar surface area (TPSA) is 34.9 Å². The van der Waals surface area contributed by atoms with Crippen LogP contribution in [0.5, 0.6) is 0 Å². The summed E-state index contributed by atoms with van der Waals surface area (Å²) in [6, 6.07) is 2.20. The molecule has 1 heterocycles. The number of aromatic nitrogens is 2. The van der Waals surface area contributed by atoms with Gasteiger partial charge in [-0.15, -0.1) is 0 Å². The molecule has 2 rings (SSSR count). The first kappa shape index (κ1) is 12.7. The first-order chi connectivity index (χ1) is 8.43. The third kappa shape index (κ3) is 1.90. The van der Waals surface area contributed by atoms with E-state index in [1.807, 2.05) is 0 Å². The van der Waals surface area contributed by atoms with Gasteiger partial charge in [0, 0.05) is 6.92 Å². The molecule has 0 spiro atoms. The minimum absolute atomic E-state index is 0.175. The number of hydrogen-bond acceptors (Lipinski definition) is 2. The van der Waals surface area contributed by atoms with Crippen LogP contribution < -0.4 is 0 Å². The Bertz CT molecular complexity index is 637. The fourth-order valence-corrected chi connectivity index (χ4v) is 1.87. The molecule has 0 N–H and O–H groups in total. The summed E-state index contributed by atoms with van der Waals surface area (Å²) in [5.74, 6) is -1.92. The molecule has 0 unspecified atom stereocenters. The summed E-state index contributed by atoms with van der Waals surface area (Å²) in [4.78, 5) is 15.1. The van der Waals surface area contributed by atoms with Crippen molar-refractivity contribution in [2.45, 2.75) is 13.8 Å². The SMILES string of the molecule is CC(=O)c1ncn(-c2c(F)ccc(Cl)c2F)c1C. The normalized spacial score (nSPS) is 10.7. The Hall–Kier alpha value is -1.75. The molecule has 6 heteroatoms. The minimum atomic E-state index is -0.882. The maximum absolute atomic E-state index is 13.8. The monoisotopic (exact) mass is 270 g/mol. The predicted octanol–water partition coefficient (Wildman–Crippen LogP) is 3.31. The largest absolute Gasteiger partial charge is 0.297 e. The van der Waals surface area contributed by atoms with Gasteiger partial charge in [0.25, 0.3) is 0 Å². The van der Waals surface area contributed by atoms with E-state index in [2.05, 4.69) is 4.98 Å². The van der Waals surface area contributed by atoms with Crippen molar-refractivity contribution in [1.82, 2.24) is 9.55 Å². The van der Waals surface area contributed by atoms with E-state index in [9.17, 15) is 13.6 Å². The number of ketones is 1. The molecule has 0 bridgehead atoms. The number of rotatable bonds is 2. The Balaban J connectivity index is 2.70. The molecule has 94 valence electrons. The van der Waals surface area contributed by atoms with Gasteiger partial charge in [-0.3, -0.25) is 9.36 Å². The summed E-state index contributed by atoms with van der Waals surface area (Å²) in [7, 11) is 0. The molecular formula is C12H9ClF2N2O. The zero-order valence-electron chi connectivity index (χ0n) is 9.67. The van der Waals surface area contributed by atoms with Gasteiger partial charge in [0.05, 0.1) is 10.7 Å². The van der Waals surface area contributed by atoms with Gasteiger partial charge in [-0.25, -0.2) is 13.8 Å². The number of imidazole rings is 1. The van der Waals surface area contributed by atoms with E-state index in [1.165, 1.54) is 17.8 Å². The van der Waals surface area contributed by atoms with Gasteiger partial charge in [0.15, 0.2) is 11.6 Å². The smallest absolute Gasteiger partial charge is 0.179 e. The summed E-state index contributed by atoms with van der Waals surface area (Å²) in [6.07, 6.45) is 1.20. The highest BCUT2D eigenvalue weighted by Crippen LogP contribution is 2.26. The molecule has 0 atom stereocenters. The standard InChI is InChI=1S/C12H9ClF2N2O/c1-6-11(7(2)18)16-5-17(6)12-9(14)4-3-8(13)10(12)15/h3-5H,1-2H3. The van der Waals surface area contributed by atoms with Gasteiger partial charge in [-0.05, 0) is 19.1 Å². The molecule has 18 heavy (non-hydrogen) atoms. The lowest BCUT2D eigenvalue weighted by Gasteiger charge is -2.09. The molecule has 0 radical (unpaired) electrons. The van der Waals surface area contributed by atoms with Crippen LogP contribution in [0.15, 0.2) is 18.5 Å². The Morgan fingerprint density at radius 2 is 2.06 bits per heavy atom. The van der Waals surface area contributed by atoms with Gasteiger partial charge < -0.3 is 0 Å². The quantitative estimate of drug-likeness (QED) is 0.620. The maximum atomic E-state index is 13.8. The Labute approximate surface area is 107 Å². The molecule has 0 aliphatic carbocycles. The van der Waals surface area contributed by atoms with Crippen LogP contribution >= 0.6 is 11.6 Å². The van der Waals surface area contributed by atoms with Crippen LogP contribution in [0.4, 0.5) is 8.78 Å². The number of Topliss-reactive ketones (excluding diaryl/α,β-unsaturated/α-hetero) is 1. The van der Waals surface area contributed by atoms with E-state index < -0.39 is 11.6 Å². The van der Waals surface area contributed by atoms with E-state index in [-0.39, 0.29) is 22.2 Å². The average molecular weight is 271 g/mol. The Kier molecular flexibility index (Phi) is 3.17. The third-order valence-corrected chi connectivity index (χ3v) is 2.89. The first-order valence-electron chi connectivity index (χ1n) is 5.12. The Morgan fingerprint density at radius 3 is 2.61 bits per heavy atom. The molecule has 3 nitrogen and oxygen atoms in total. The highest BCUT2D eigenvalue weighted by molar-refractivity contribution is 6.30. The zero-order chi connectivity index (χ0) is 13.4. The summed E-state index contributed by atoms with van der Waals surface area (Å²) in [6.45, 7) is 2.90. The molecule has 0 aliphatic heterocycles. The maximum Gasteiger partial charge on any atom is 0.179 e. The van der Waals surface area contributed by atoms with Crippen LogP contribution in [0.3, 0.4) is 0 Å². The molecule has 0 saturated carbocycles. The molecule has 1 aromatic heterocycles. The van der Waals surface area contributed by atoms with Gasteiger partial charge in [0.1, 0.15) is 23.5 Å². The molecule has 1 aromatic carbocycles. The fraction of sp³-hybridized carbons (Fsp3) is 0.167. The van der Waals surface area contributed by atoms with Crippen LogP contribution in [0.2, 0.25) is 5.02 Å². The van der Waals surface area contributed by atoms with E-state index in [0.29, 0.717) is 5.69 Å². The predicted molar refractivity (Wildman–Crippen MR) is 63.2 cm³/mol. The van der Waals surface area contributed by atoms with Gasteiger partial charge >= 0.3 is 0 Å². The van der Waals surface area contributed by atoms with Crippen molar-refractivity contribution < 1.29 is 13.6 Å². The zero-order valence-corrected chi connectivity index (χ0v) is 10.4. The minimum Gasteiger partial charge on any atom is -0.297 e. The van der Waals surface area contributed by atoms with E-state index in [4.69, 9.17) is 11.6 Å². The number of nitrogens with zero attached hydrogens (tertiary/aromatic N) is 2. The highest BCUT2D eigenvalue weighted by Gasteiger charge is 2.19. The number of halogens is 3. The second-order valence-electron chi connectivity index (χ2n) is 3.80. The van der Waals surface area contributed by atoms with Crippen LogP contribution in [0, 0.1) is 18.6 Å². The van der Waals surface area contributed by atoms with Crippen molar-refractivity contribution in [2.24, 2.45) is 0 Å². The van der Waals surface area contributed by atoms with Gasteiger partial charge in [-0.2, -0.15) is 0 Å². The van der Waals surface area contributed by atoms with E-state index in [1.54, 1.807) is 6.92 Å². The van der Waals surface area contributed by atoms with Crippen LogP contribution in [-0.4, -0.2) is 15.3 Å². The highest BCUT2D eigenvalue weighted by atomic mass is 35.5. The lowest BCUT2D eigenvalue weighted by molar-refractivity contribution is 0.101. The van der Waals surface area contributed by atoms with Crippen molar-refractivity contribution in [3.63, 3.8) is 0 Å². The van der Waals surface area contributed by atoms with Crippen LogP contribution in [-0.2, 0) is 0 Å². The van der Waals surface area contributed by atoms with Crippen molar-refractivity contribution in [3.8, 4) is 5.69 Å². The van der Waals surface area contributed by atoms with Crippen LogP contribution in [0.25, 0.3) is 5.69 Å².